The van der Waals surface area contributed by atoms with Gasteiger partial charge in [-0.15, -0.1) is 11.6 Å². The van der Waals surface area contributed by atoms with Crippen molar-refractivity contribution in [2.24, 2.45) is 5.92 Å². The smallest absolute Gasteiger partial charge is 0.0313 e. The molecule has 0 aliphatic rings. The van der Waals surface area contributed by atoms with E-state index in [0.29, 0.717) is 5.92 Å². The van der Waals surface area contributed by atoms with Crippen LogP contribution in [-0.4, -0.2) is 5.38 Å². The Kier molecular flexibility index (Phi) is 7.00. The van der Waals surface area contributed by atoms with Gasteiger partial charge in [0, 0.05) is 5.38 Å². The highest BCUT2D eigenvalue weighted by atomic mass is 35.5. The summed E-state index contributed by atoms with van der Waals surface area (Å²) in [4.78, 5) is 0. The topological polar surface area (TPSA) is 0 Å². The highest BCUT2D eigenvalue weighted by molar-refractivity contribution is 6.20. The molecule has 2 unspecified atom stereocenters. The minimum Gasteiger partial charge on any atom is -0.123 e. The minimum atomic E-state index is 0.243. The summed E-state index contributed by atoms with van der Waals surface area (Å²) in [6, 6.07) is 0. The lowest BCUT2D eigenvalue weighted by Crippen LogP contribution is -2.06. The zero-order valence-corrected chi connectivity index (χ0v) is 10.7. The Balaban J connectivity index is 4.17. The first-order valence-electron chi connectivity index (χ1n) is 5.42. The lowest BCUT2D eigenvalue weighted by atomic mass is 9.92. The molecule has 0 saturated carbocycles. The van der Waals surface area contributed by atoms with Gasteiger partial charge in [0.1, 0.15) is 0 Å². The summed E-state index contributed by atoms with van der Waals surface area (Å²) in [7, 11) is 0. The lowest BCUT2D eigenvalue weighted by molar-refractivity contribution is 0.562. The minimum absolute atomic E-state index is 0.243. The molecule has 0 aliphatic heterocycles. The average molecular weight is 215 g/mol. The van der Waals surface area contributed by atoms with Crippen molar-refractivity contribution in [1.82, 2.24) is 0 Å². The van der Waals surface area contributed by atoms with Crippen LogP contribution in [0.3, 0.4) is 0 Å². The van der Waals surface area contributed by atoms with E-state index in [9.17, 15) is 0 Å². The van der Waals surface area contributed by atoms with Gasteiger partial charge in [-0.2, -0.15) is 0 Å². The van der Waals surface area contributed by atoms with Crippen LogP contribution in [0.25, 0.3) is 0 Å². The van der Waals surface area contributed by atoms with Gasteiger partial charge in [0.25, 0.3) is 0 Å². The number of allylic oxidation sites excluding steroid dienone is 3. The molecule has 0 N–H and O–H groups in total. The number of rotatable bonds is 6. The van der Waals surface area contributed by atoms with Crippen molar-refractivity contribution in [2.75, 3.05) is 0 Å². The molecule has 0 aromatic heterocycles. The fraction of sp³-hybridized carbons (Fsp3) is 0.692. The van der Waals surface area contributed by atoms with Crippen LogP contribution in [0.5, 0.6) is 0 Å². The third-order valence-corrected chi connectivity index (χ3v) is 2.79. The van der Waals surface area contributed by atoms with E-state index in [1.165, 1.54) is 11.1 Å². The number of hydrogen-bond donors (Lipinski definition) is 0. The van der Waals surface area contributed by atoms with Crippen LogP contribution in [0.15, 0.2) is 23.8 Å². The first-order valence-corrected chi connectivity index (χ1v) is 5.86. The molecule has 0 fully saturated rings. The van der Waals surface area contributed by atoms with Crippen LogP contribution in [0.1, 0.15) is 47.0 Å². The van der Waals surface area contributed by atoms with Crippen molar-refractivity contribution < 1.29 is 0 Å². The van der Waals surface area contributed by atoms with Crippen molar-refractivity contribution in [3.05, 3.63) is 23.8 Å². The van der Waals surface area contributed by atoms with Crippen molar-refractivity contribution in [3.63, 3.8) is 0 Å². The van der Waals surface area contributed by atoms with E-state index in [2.05, 4.69) is 33.4 Å². The Bertz CT molecular complexity index is 201. The summed E-state index contributed by atoms with van der Waals surface area (Å²) in [5, 5.41) is 0.243. The summed E-state index contributed by atoms with van der Waals surface area (Å²) in [6.07, 6.45) is 5.58. The van der Waals surface area contributed by atoms with Gasteiger partial charge >= 0.3 is 0 Å². The Morgan fingerprint density at radius 3 is 2.36 bits per heavy atom. The van der Waals surface area contributed by atoms with Crippen LogP contribution >= 0.6 is 11.6 Å². The van der Waals surface area contributed by atoms with Crippen molar-refractivity contribution in [3.8, 4) is 0 Å². The van der Waals surface area contributed by atoms with Gasteiger partial charge in [-0.3, -0.25) is 0 Å². The Morgan fingerprint density at radius 2 is 2.00 bits per heavy atom. The fourth-order valence-corrected chi connectivity index (χ4v) is 1.59. The molecule has 0 bridgehead atoms. The van der Waals surface area contributed by atoms with Crippen LogP contribution in [0, 0.1) is 5.92 Å². The first-order chi connectivity index (χ1) is 6.47. The molecule has 0 spiro atoms. The van der Waals surface area contributed by atoms with Crippen LogP contribution < -0.4 is 0 Å². The van der Waals surface area contributed by atoms with E-state index in [1.807, 2.05) is 6.92 Å². The van der Waals surface area contributed by atoms with E-state index in [-0.39, 0.29) is 5.38 Å². The molecule has 82 valence electrons. The molecule has 0 aromatic rings. The van der Waals surface area contributed by atoms with Gasteiger partial charge < -0.3 is 0 Å². The van der Waals surface area contributed by atoms with Crippen LogP contribution in [0.4, 0.5) is 0 Å². The molecule has 1 heteroatoms. The molecule has 2 atom stereocenters. The lowest BCUT2D eigenvalue weighted by Gasteiger charge is -2.16. The Labute approximate surface area is 94.0 Å². The number of alkyl halides is 1. The van der Waals surface area contributed by atoms with Crippen molar-refractivity contribution in [2.45, 2.75) is 52.3 Å². The third kappa shape index (κ3) is 6.26. The van der Waals surface area contributed by atoms with E-state index < -0.39 is 0 Å². The summed E-state index contributed by atoms with van der Waals surface area (Å²) in [6.45, 7) is 12.5. The fourth-order valence-electron chi connectivity index (χ4n) is 1.38. The first kappa shape index (κ1) is 13.8. The second-order valence-electron chi connectivity index (χ2n) is 4.20. The molecule has 14 heavy (non-hydrogen) atoms. The molecule has 0 amide bonds. The molecular formula is C13H23Cl. The van der Waals surface area contributed by atoms with Gasteiger partial charge in [0.2, 0.25) is 0 Å². The summed E-state index contributed by atoms with van der Waals surface area (Å²) in [5.74, 6) is 0.545. The zero-order chi connectivity index (χ0) is 11.1. The highest BCUT2D eigenvalue weighted by Gasteiger charge is 2.10. The molecule has 0 heterocycles. The van der Waals surface area contributed by atoms with Gasteiger partial charge in [-0.05, 0) is 46.0 Å². The average Bonchev–Trinajstić information content (AvgIpc) is 2.10. The molecule has 0 radical (unpaired) electrons. The van der Waals surface area contributed by atoms with Crippen molar-refractivity contribution in [1.29, 1.82) is 0 Å². The summed E-state index contributed by atoms with van der Waals surface area (Å²) >= 11 is 6.00. The summed E-state index contributed by atoms with van der Waals surface area (Å²) < 4.78 is 0. The monoisotopic (exact) mass is 214 g/mol. The van der Waals surface area contributed by atoms with Crippen LogP contribution in [-0.2, 0) is 0 Å². The zero-order valence-electron chi connectivity index (χ0n) is 9.94. The standard InChI is InChI=1S/C13H23Cl/c1-6-11(4)7-8-13(10(2)3)9-12(5)14/h7,12-13H,2,6,8-9H2,1,3-5H3/b11-7+. The van der Waals surface area contributed by atoms with Gasteiger partial charge in [-0.1, -0.05) is 30.7 Å². The number of hydrogen-bond acceptors (Lipinski definition) is 0. The third-order valence-electron chi connectivity index (χ3n) is 2.61. The van der Waals surface area contributed by atoms with Crippen molar-refractivity contribution >= 4 is 11.6 Å². The maximum absolute atomic E-state index is 6.00. The molecule has 0 aliphatic carbocycles. The maximum atomic E-state index is 6.00. The van der Waals surface area contributed by atoms with Gasteiger partial charge in [-0.25, -0.2) is 0 Å². The van der Waals surface area contributed by atoms with E-state index in [0.717, 1.165) is 19.3 Å². The Hall–Kier alpha value is -0.230. The highest BCUT2D eigenvalue weighted by Crippen LogP contribution is 2.23. The molecule has 0 aromatic carbocycles. The second kappa shape index (κ2) is 7.11. The molecule has 0 nitrogen and oxygen atoms in total. The van der Waals surface area contributed by atoms with Crippen LogP contribution in [0.2, 0.25) is 0 Å². The second-order valence-corrected chi connectivity index (χ2v) is 4.94. The SMILES string of the molecule is C=C(C)C(C/C=C(\C)CC)CC(C)Cl. The number of halogens is 1. The van der Waals surface area contributed by atoms with Gasteiger partial charge in [0.05, 0.1) is 0 Å². The summed E-state index contributed by atoms with van der Waals surface area (Å²) in [5.41, 5.74) is 2.70. The quantitative estimate of drug-likeness (QED) is 0.434. The maximum Gasteiger partial charge on any atom is 0.0313 e. The largest absolute Gasteiger partial charge is 0.123 e. The van der Waals surface area contributed by atoms with E-state index in [4.69, 9.17) is 11.6 Å². The molecular weight excluding hydrogens is 192 g/mol. The van der Waals surface area contributed by atoms with Gasteiger partial charge in [0.15, 0.2) is 0 Å². The predicted octanol–water partition coefficient (Wildman–Crippen LogP) is 4.94. The predicted molar refractivity (Wildman–Crippen MR) is 66.9 cm³/mol. The van der Waals surface area contributed by atoms with E-state index >= 15 is 0 Å². The molecule has 0 rings (SSSR count). The Morgan fingerprint density at radius 1 is 1.43 bits per heavy atom. The normalized spacial score (nSPS) is 16.5. The molecule has 0 saturated heterocycles. The van der Waals surface area contributed by atoms with E-state index in [1.54, 1.807) is 0 Å².